The molecule has 0 atom stereocenters. The van der Waals surface area contributed by atoms with Crippen LogP contribution in [0.1, 0.15) is 23.5 Å². The lowest BCUT2D eigenvalue weighted by Gasteiger charge is -2.31. The Balaban J connectivity index is 1.78. The molecule has 0 bridgehead atoms. The van der Waals surface area contributed by atoms with Crippen LogP contribution in [0, 0.1) is 5.92 Å². The number of carbonyl (C=O) groups excluding carboxylic acids is 1. The number of carbonyl (C=O) groups is 1. The minimum atomic E-state index is -0.319. The molecule has 7 nitrogen and oxygen atoms in total. The Bertz CT molecular complexity index is 358. The molecule has 2 rings (SSSR count). The number of H-pyrrole nitrogens is 1. The number of hydrogen-bond acceptors (Lipinski definition) is 5. The summed E-state index contributed by atoms with van der Waals surface area (Å²) in [6, 6.07) is 0. The monoisotopic (exact) mass is 211 g/mol. The van der Waals surface area contributed by atoms with Crippen molar-refractivity contribution in [2.75, 3.05) is 12.3 Å². The number of aromatic amines is 1. The number of nitrogens with zero attached hydrogens (tertiary/aromatic N) is 2. The Morgan fingerprint density at radius 1 is 1.67 bits per heavy atom. The molecule has 0 radical (unpaired) electrons. The highest BCUT2D eigenvalue weighted by Crippen LogP contribution is 2.26. The molecule has 0 unspecified atom stereocenters. The molecule has 0 aliphatic heterocycles. The molecular formula is C8H13N5O2. The number of nitrogens with one attached hydrogen (secondary N) is 2. The van der Waals surface area contributed by atoms with Gasteiger partial charge in [-0.15, -0.1) is 5.10 Å². The number of anilines is 1. The smallest absolute Gasteiger partial charge is 0.288 e. The zero-order valence-electron chi connectivity index (χ0n) is 8.10. The van der Waals surface area contributed by atoms with Gasteiger partial charge in [0.2, 0.25) is 11.8 Å². The summed E-state index contributed by atoms with van der Waals surface area (Å²) in [5.74, 6) is 0.219. The Morgan fingerprint density at radius 3 is 2.93 bits per heavy atom. The van der Waals surface area contributed by atoms with E-state index in [-0.39, 0.29) is 23.8 Å². The van der Waals surface area contributed by atoms with Crippen molar-refractivity contribution in [2.24, 2.45) is 5.92 Å². The lowest BCUT2D eigenvalue weighted by Crippen LogP contribution is -2.38. The van der Waals surface area contributed by atoms with E-state index in [4.69, 9.17) is 10.8 Å². The molecule has 0 aromatic carbocycles. The minimum Gasteiger partial charge on any atom is -0.393 e. The van der Waals surface area contributed by atoms with Crippen molar-refractivity contribution in [1.82, 2.24) is 20.5 Å². The summed E-state index contributed by atoms with van der Waals surface area (Å²) in [4.78, 5) is 15.1. The van der Waals surface area contributed by atoms with Crippen LogP contribution < -0.4 is 11.1 Å². The second-order valence-corrected chi connectivity index (χ2v) is 3.74. The molecular weight excluding hydrogens is 198 g/mol. The SMILES string of the molecule is Nc1n[nH]c(C(=O)NCC2CC(O)C2)n1. The first kappa shape index (κ1) is 9.91. The van der Waals surface area contributed by atoms with Crippen molar-refractivity contribution in [3.8, 4) is 0 Å². The van der Waals surface area contributed by atoms with Crippen molar-refractivity contribution in [3.05, 3.63) is 5.82 Å². The molecule has 0 spiro atoms. The number of aliphatic hydroxyl groups excluding tert-OH is 1. The lowest BCUT2D eigenvalue weighted by molar-refractivity contribution is 0.0419. The molecule has 1 fully saturated rings. The van der Waals surface area contributed by atoms with E-state index in [1.54, 1.807) is 0 Å². The van der Waals surface area contributed by atoms with Crippen LogP contribution in [0.15, 0.2) is 0 Å². The normalized spacial score (nSPS) is 24.6. The molecule has 1 aliphatic carbocycles. The first-order valence-corrected chi connectivity index (χ1v) is 4.79. The van der Waals surface area contributed by atoms with Crippen molar-refractivity contribution >= 4 is 11.9 Å². The predicted molar refractivity (Wildman–Crippen MR) is 51.9 cm³/mol. The van der Waals surface area contributed by atoms with Gasteiger partial charge in [0.25, 0.3) is 5.91 Å². The Kier molecular flexibility index (Phi) is 2.55. The van der Waals surface area contributed by atoms with Crippen LogP contribution in [0.4, 0.5) is 5.95 Å². The number of hydrogen-bond donors (Lipinski definition) is 4. The number of aromatic nitrogens is 3. The quantitative estimate of drug-likeness (QED) is 0.505. The third kappa shape index (κ3) is 2.24. The molecule has 1 aliphatic rings. The van der Waals surface area contributed by atoms with E-state index in [1.165, 1.54) is 0 Å². The molecule has 0 saturated heterocycles. The van der Waals surface area contributed by atoms with Gasteiger partial charge in [0, 0.05) is 6.54 Å². The Hall–Kier alpha value is -1.63. The number of amides is 1. The Labute approximate surface area is 86.1 Å². The maximum absolute atomic E-state index is 11.4. The van der Waals surface area contributed by atoms with Crippen LogP contribution in [0.2, 0.25) is 0 Å². The van der Waals surface area contributed by atoms with Gasteiger partial charge in [-0.25, -0.2) is 0 Å². The first-order valence-electron chi connectivity index (χ1n) is 4.79. The maximum atomic E-state index is 11.4. The standard InChI is InChI=1S/C8H13N5O2/c9-8-11-6(12-13-8)7(15)10-3-4-1-5(14)2-4/h4-5,14H,1-3H2,(H,10,15)(H3,9,11,12,13). The van der Waals surface area contributed by atoms with Gasteiger partial charge in [-0.2, -0.15) is 4.98 Å². The average molecular weight is 211 g/mol. The second-order valence-electron chi connectivity index (χ2n) is 3.74. The van der Waals surface area contributed by atoms with Gasteiger partial charge in [0.05, 0.1) is 6.10 Å². The fourth-order valence-electron chi connectivity index (χ4n) is 1.56. The van der Waals surface area contributed by atoms with Crippen LogP contribution in [0.3, 0.4) is 0 Å². The number of nitrogen functional groups attached to an aromatic ring is 1. The fraction of sp³-hybridized carbons (Fsp3) is 0.625. The van der Waals surface area contributed by atoms with Gasteiger partial charge < -0.3 is 16.2 Å². The fourth-order valence-corrected chi connectivity index (χ4v) is 1.56. The summed E-state index contributed by atoms with van der Waals surface area (Å²) in [6.07, 6.45) is 1.30. The molecule has 82 valence electrons. The van der Waals surface area contributed by atoms with E-state index in [0.717, 1.165) is 12.8 Å². The van der Waals surface area contributed by atoms with Gasteiger partial charge in [-0.3, -0.25) is 9.89 Å². The van der Waals surface area contributed by atoms with E-state index in [9.17, 15) is 4.79 Å². The minimum absolute atomic E-state index is 0.0548. The summed E-state index contributed by atoms with van der Waals surface area (Å²) < 4.78 is 0. The van der Waals surface area contributed by atoms with Gasteiger partial charge in [0.15, 0.2) is 0 Å². The van der Waals surface area contributed by atoms with Crippen LogP contribution in [0.25, 0.3) is 0 Å². The maximum Gasteiger partial charge on any atom is 0.288 e. The summed E-state index contributed by atoms with van der Waals surface area (Å²) >= 11 is 0. The van der Waals surface area contributed by atoms with Gasteiger partial charge in [-0.05, 0) is 18.8 Å². The molecule has 5 N–H and O–H groups in total. The van der Waals surface area contributed by atoms with Crippen LogP contribution in [-0.2, 0) is 0 Å². The predicted octanol–water partition coefficient (Wildman–Crippen LogP) is -1.11. The largest absolute Gasteiger partial charge is 0.393 e. The molecule has 1 amide bonds. The number of nitrogens with two attached hydrogens (primary N) is 1. The Morgan fingerprint density at radius 2 is 2.40 bits per heavy atom. The van der Waals surface area contributed by atoms with Crippen molar-refractivity contribution in [2.45, 2.75) is 18.9 Å². The summed E-state index contributed by atoms with van der Waals surface area (Å²) in [6.45, 7) is 0.552. The van der Waals surface area contributed by atoms with Crippen LogP contribution in [-0.4, -0.2) is 38.8 Å². The summed E-state index contributed by atoms with van der Waals surface area (Å²) in [5, 5.41) is 17.7. The second kappa shape index (κ2) is 3.85. The topological polar surface area (TPSA) is 117 Å². The summed E-state index contributed by atoms with van der Waals surface area (Å²) in [5.41, 5.74) is 5.26. The van der Waals surface area contributed by atoms with Crippen molar-refractivity contribution in [3.63, 3.8) is 0 Å². The van der Waals surface area contributed by atoms with E-state index in [0.29, 0.717) is 12.5 Å². The molecule has 1 aromatic heterocycles. The highest BCUT2D eigenvalue weighted by molar-refractivity contribution is 5.90. The molecule has 1 aromatic rings. The third-order valence-corrected chi connectivity index (χ3v) is 2.48. The van der Waals surface area contributed by atoms with Crippen LogP contribution in [0.5, 0.6) is 0 Å². The van der Waals surface area contributed by atoms with E-state index >= 15 is 0 Å². The third-order valence-electron chi connectivity index (χ3n) is 2.48. The van der Waals surface area contributed by atoms with Gasteiger partial charge >= 0.3 is 0 Å². The van der Waals surface area contributed by atoms with E-state index in [1.807, 2.05) is 0 Å². The van der Waals surface area contributed by atoms with Gasteiger partial charge in [-0.1, -0.05) is 0 Å². The number of aliphatic hydroxyl groups is 1. The van der Waals surface area contributed by atoms with Gasteiger partial charge in [0.1, 0.15) is 0 Å². The van der Waals surface area contributed by atoms with Crippen molar-refractivity contribution < 1.29 is 9.90 Å². The first-order chi connectivity index (χ1) is 7.15. The summed E-state index contributed by atoms with van der Waals surface area (Å²) in [7, 11) is 0. The number of rotatable bonds is 3. The van der Waals surface area contributed by atoms with E-state index < -0.39 is 0 Å². The van der Waals surface area contributed by atoms with Crippen LogP contribution >= 0.6 is 0 Å². The zero-order chi connectivity index (χ0) is 10.8. The highest BCUT2D eigenvalue weighted by Gasteiger charge is 2.27. The zero-order valence-corrected chi connectivity index (χ0v) is 8.10. The molecule has 1 saturated carbocycles. The average Bonchev–Trinajstić information content (AvgIpc) is 2.57. The molecule has 7 heteroatoms. The van der Waals surface area contributed by atoms with E-state index in [2.05, 4.69) is 20.5 Å². The van der Waals surface area contributed by atoms with Crippen molar-refractivity contribution in [1.29, 1.82) is 0 Å². The molecule has 15 heavy (non-hydrogen) atoms. The molecule has 1 heterocycles. The lowest BCUT2D eigenvalue weighted by atomic mass is 9.82. The highest BCUT2D eigenvalue weighted by atomic mass is 16.3.